The smallest absolute Gasteiger partial charge is 0.303 e. The Morgan fingerprint density at radius 3 is 0.565 bits per heavy atom. The molecule has 9 nitrogen and oxygen atoms in total. The predicted octanol–water partition coefficient (Wildman–Crippen LogP) is 17.7. The second-order valence-electron chi connectivity index (χ2n) is 21.7. The first-order valence-electron chi connectivity index (χ1n) is 29.2. The van der Waals surface area contributed by atoms with Crippen molar-refractivity contribution in [2.24, 2.45) is 23.2 Å². The summed E-state index contributed by atoms with van der Waals surface area (Å²) in [6, 6.07) is 0. The molecule has 0 spiro atoms. The van der Waals surface area contributed by atoms with Crippen LogP contribution in [0.25, 0.3) is 0 Å². The molecule has 0 aliphatic rings. The minimum absolute atomic E-state index is 0.274. The van der Waals surface area contributed by atoms with Crippen LogP contribution in [0.5, 0.6) is 0 Å². The third kappa shape index (κ3) is 72.7. The quantitative estimate of drug-likeness (QED) is 0.0256. The van der Waals surface area contributed by atoms with Crippen molar-refractivity contribution < 1.29 is 45.0 Å². The number of hydrogen-bond acceptors (Lipinski definition) is 6. The number of aliphatic hydroxyl groups is 3. The van der Waals surface area contributed by atoms with Gasteiger partial charge in [0.1, 0.15) is 0 Å². The Morgan fingerprint density at radius 2 is 0.464 bits per heavy atom. The molecule has 0 aliphatic heterocycles. The summed E-state index contributed by atoms with van der Waals surface area (Å²) in [5.41, 5.74) is -0.903. The Balaban J connectivity index is -0.000000421. The molecule has 0 bridgehead atoms. The fourth-order valence-corrected chi connectivity index (χ4v) is 8.13. The number of hydrogen-bond donors (Lipinski definition) is 6. The zero-order valence-electron chi connectivity index (χ0n) is 46.7. The molecule has 0 aromatic heterocycles. The van der Waals surface area contributed by atoms with Gasteiger partial charge in [-0.3, -0.25) is 14.4 Å². The van der Waals surface area contributed by atoms with Crippen LogP contribution in [0.15, 0.2) is 12.7 Å². The van der Waals surface area contributed by atoms with Crippen molar-refractivity contribution in [1.82, 2.24) is 0 Å². The summed E-state index contributed by atoms with van der Waals surface area (Å²) in [4.78, 5) is 31.0. The molecule has 0 fully saturated rings. The van der Waals surface area contributed by atoms with E-state index in [9.17, 15) is 14.4 Å². The van der Waals surface area contributed by atoms with Crippen LogP contribution in [0.4, 0.5) is 0 Å². The largest absolute Gasteiger partial charge is 0.481 e. The Morgan fingerprint density at radius 1 is 0.319 bits per heavy atom. The van der Waals surface area contributed by atoms with Crippen LogP contribution < -0.4 is 0 Å². The average Bonchev–Trinajstić information content (AvgIpc) is 3.30. The lowest BCUT2D eigenvalue weighted by atomic mass is 9.92. The fraction of sp³-hybridized carbons (Fsp3) is 0.917. The minimum atomic E-state index is -0.903. The maximum Gasteiger partial charge on any atom is 0.303 e. The van der Waals surface area contributed by atoms with Crippen molar-refractivity contribution in [3.8, 4) is 0 Å². The maximum atomic E-state index is 10.3. The molecule has 0 amide bonds. The van der Waals surface area contributed by atoms with Crippen LogP contribution in [-0.4, -0.2) is 68.4 Å². The Kier molecular flexibility index (Phi) is 64.3. The zero-order valence-corrected chi connectivity index (χ0v) is 46.7. The zero-order chi connectivity index (χ0) is 52.5. The maximum absolute atomic E-state index is 10.3. The van der Waals surface area contributed by atoms with Crippen LogP contribution in [0.1, 0.15) is 311 Å². The summed E-state index contributed by atoms with van der Waals surface area (Å²) >= 11 is 0. The lowest BCUT2D eigenvalue weighted by Crippen LogP contribution is -2.31. The van der Waals surface area contributed by atoms with Gasteiger partial charge in [0.05, 0.1) is 25.2 Å². The van der Waals surface area contributed by atoms with Gasteiger partial charge in [0.15, 0.2) is 0 Å². The Hall–Kier alpha value is -1.97. The van der Waals surface area contributed by atoms with Crippen molar-refractivity contribution in [3.05, 3.63) is 12.7 Å². The van der Waals surface area contributed by atoms with Crippen LogP contribution in [0.2, 0.25) is 0 Å². The summed E-state index contributed by atoms with van der Waals surface area (Å²) in [6.07, 6.45) is 53.3. The number of aliphatic hydroxyl groups excluding tert-OH is 3. The minimum Gasteiger partial charge on any atom is -0.481 e. The highest BCUT2D eigenvalue weighted by Gasteiger charge is 2.23. The van der Waals surface area contributed by atoms with Gasteiger partial charge in [-0.15, -0.1) is 6.58 Å². The van der Waals surface area contributed by atoms with Gasteiger partial charge in [-0.05, 0) is 37.0 Å². The average molecular weight is 986 g/mol. The van der Waals surface area contributed by atoms with Crippen molar-refractivity contribution in [2.75, 3.05) is 19.8 Å². The van der Waals surface area contributed by atoms with Gasteiger partial charge in [-0.25, -0.2) is 0 Å². The molecule has 0 saturated heterocycles. The van der Waals surface area contributed by atoms with Gasteiger partial charge < -0.3 is 30.6 Å². The number of carbonyl (C=O) groups is 3. The molecule has 6 N–H and O–H groups in total. The lowest BCUT2D eigenvalue weighted by molar-refractivity contribution is -0.138. The first-order chi connectivity index (χ1) is 33.1. The van der Waals surface area contributed by atoms with E-state index < -0.39 is 23.3 Å². The number of unbranched alkanes of at least 4 members (excludes halogenated alkanes) is 33. The van der Waals surface area contributed by atoms with Crippen LogP contribution in [0, 0.1) is 23.2 Å². The van der Waals surface area contributed by atoms with Crippen molar-refractivity contribution in [1.29, 1.82) is 0 Å². The molecule has 414 valence electrons. The first-order valence-corrected chi connectivity index (χ1v) is 29.2. The van der Waals surface area contributed by atoms with Crippen LogP contribution in [-0.2, 0) is 14.4 Å². The normalized spacial score (nSPS) is 11.2. The van der Waals surface area contributed by atoms with Crippen molar-refractivity contribution in [2.45, 2.75) is 311 Å². The summed E-state index contributed by atoms with van der Waals surface area (Å²) in [7, 11) is 0. The highest BCUT2D eigenvalue weighted by Crippen LogP contribution is 2.18. The molecular weight excluding hydrogens is 865 g/mol. The molecule has 9 heteroatoms. The molecular formula is C60H120O9. The third-order valence-electron chi connectivity index (χ3n) is 13.1. The molecule has 0 atom stereocenters. The third-order valence-corrected chi connectivity index (χ3v) is 13.1. The monoisotopic (exact) mass is 985 g/mol. The Labute approximate surface area is 428 Å². The molecule has 69 heavy (non-hydrogen) atoms. The molecule has 0 radical (unpaired) electrons. The summed E-state index contributed by atoms with van der Waals surface area (Å²) < 4.78 is 0. The number of carboxylic acids is 3. The fourth-order valence-electron chi connectivity index (χ4n) is 8.13. The summed E-state index contributed by atoms with van der Waals surface area (Å²) in [6.45, 7) is 16.4. The standard InChI is InChI=1S/3C18H36O2.C6H12O3/c3*1-17(2)15-13-11-9-7-5-3-4-6-8-10-12-14-16-18(19)20;1-2-6(3-7,4-8)5-9/h3*17H,3-16H2,1-2H3,(H,19,20);2,7-9H,1,3-5H2. The predicted molar refractivity (Wildman–Crippen MR) is 295 cm³/mol. The Bertz CT molecular complexity index is 922. The van der Waals surface area contributed by atoms with Gasteiger partial charge in [0, 0.05) is 19.3 Å². The van der Waals surface area contributed by atoms with E-state index in [4.69, 9.17) is 30.6 Å². The van der Waals surface area contributed by atoms with Gasteiger partial charge in [0.2, 0.25) is 0 Å². The molecule has 0 unspecified atom stereocenters. The highest BCUT2D eigenvalue weighted by molar-refractivity contribution is 5.67. The van der Waals surface area contributed by atoms with E-state index in [0.29, 0.717) is 19.3 Å². The molecule has 0 rings (SSSR count). The molecule has 0 saturated carbocycles. The van der Waals surface area contributed by atoms with Crippen LogP contribution >= 0.6 is 0 Å². The van der Waals surface area contributed by atoms with Crippen LogP contribution in [0.3, 0.4) is 0 Å². The summed E-state index contributed by atoms with van der Waals surface area (Å²) in [5.74, 6) is 0.636. The molecule has 0 aliphatic carbocycles. The van der Waals surface area contributed by atoms with Crippen molar-refractivity contribution in [3.63, 3.8) is 0 Å². The lowest BCUT2D eigenvalue weighted by Gasteiger charge is -2.21. The first kappa shape index (κ1) is 73.6. The van der Waals surface area contributed by atoms with E-state index in [1.54, 1.807) is 0 Å². The SMILES string of the molecule is C=CC(CO)(CO)CO.CC(C)CCCCCCCCCCCCCCC(=O)O.CC(C)CCCCCCCCCCCCCCC(=O)O.CC(C)CCCCCCCCCCCCCCC(=O)O. The second kappa shape index (κ2) is 60.3. The van der Waals surface area contributed by atoms with E-state index in [1.165, 1.54) is 218 Å². The van der Waals surface area contributed by atoms with E-state index >= 15 is 0 Å². The topological polar surface area (TPSA) is 173 Å². The highest BCUT2D eigenvalue weighted by atomic mass is 16.4. The molecule has 0 aromatic rings. The number of rotatable bonds is 49. The van der Waals surface area contributed by atoms with Crippen molar-refractivity contribution >= 4 is 17.9 Å². The molecule has 0 aromatic carbocycles. The number of aliphatic carboxylic acids is 3. The van der Waals surface area contributed by atoms with E-state index in [-0.39, 0.29) is 19.8 Å². The van der Waals surface area contributed by atoms with Gasteiger partial charge in [-0.1, -0.05) is 279 Å². The molecule has 0 heterocycles. The van der Waals surface area contributed by atoms with Gasteiger partial charge in [0.25, 0.3) is 0 Å². The summed E-state index contributed by atoms with van der Waals surface area (Å²) in [5, 5.41) is 51.3. The van der Waals surface area contributed by atoms with Gasteiger partial charge >= 0.3 is 17.9 Å². The van der Waals surface area contributed by atoms with E-state index in [2.05, 4.69) is 48.1 Å². The van der Waals surface area contributed by atoms with E-state index in [1.807, 2.05) is 0 Å². The second-order valence-corrected chi connectivity index (χ2v) is 21.7. The number of carboxylic acid groups (broad SMARTS) is 3. The van der Waals surface area contributed by atoms with E-state index in [0.717, 1.165) is 56.3 Å². The van der Waals surface area contributed by atoms with Gasteiger partial charge in [-0.2, -0.15) is 0 Å².